The average Bonchev–Trinajstić information content (AvgIpc) is 1.85. The molecule has 0 aliphatic rings. The molecule has 0 amide bonds. The molecule has 1 aromatic heterocycles. The van der Waals surface area contributed by atoms with E-state index in [4.69, 9.17) is 0 Å². The zero-order chi connectivity index (χ0) is 8.27. The van der Waals surface area contributed by atoms with E-state index in [-0.39, 0.29) is 0 Å². The zero-order valence-electron chi connectivity index (χ0n) is 7.26. The van der Waals surface area contributed by atoms with E-state index in [0.717, 1.165) is 17.8 Å². The number of hydrogen-bond acceptors (Lipinski definition) is 2. The molecule has 0 saturated carbocycles. The molecule has 0 saturated heterocycles. The van der Waals surface area contributed by atoms with Gasteiger partial charge in [0.25, 0.3) is 0 Å². The predicted octanol–water partition coefficient (Wildman–Crippen LogP) is 1.94. The zero-order valence-corrected chi connectivity index (χ0v) is 7.26. The molecule has 0 unspecified atom stereocenters. The van der Waals surface area contributed by atoms with E-state index in [1.54, 1.807) is 6.20 Å². The third-order valence-electron chi connectivity index (χ3n) is 1.34. The Morgan fingerprint density at radius 3 is 2.64 bits per heavy atom. The van der Waals surface area contributed by atoms with Gasteiger partial charge >= 0.3 is 0 Å². The molecule has 0 N–H and O–H groups in total. The van der Waals surface area contributed by atoms with Crippen molar-refractivity contribution in [2.75, 3.05) is 0 Å². The van der Waals surface area contributed by atoms with Gasteiger partial charge in [0.15, 0.2) is 0 Å². The van der Waals surface area contributed by atoms with Crippen LogP contribution in [-0.4, -0.2) is 9.97 Å². The highest BCUT2D eigenvalue weighted by Crippen LogP contribution is 2.05. The minimum atomic E-state index is 0.939. The van der Waals surface area contributed by atoms with Crippen LogP contribution in [0, 0.1) is 12.8 Å². The van der Waals surface area contributed by atoms with Gasteiger partial charge in [-0.05, 0) is 19.3 Å². The van der Waals surface area contributed by atoms with Crippen LogP contribution in [0.5, 0.6) is 0 Å². The molecule has 1 radical (unpaired) electrons. The van der Waals surface area contributed by atoms with Crippen LogP contribution in [0.15, 0.2) is 12.4 Å². The minimum Gasteiger partial charge on any atom is -0.261 e. The fourth-order valence-corrected chi connectivity index (χ4v) is 0.963. The van der Waals surface area contributed by atoms with Crippen molar-refractivity contribution in [1.29, 1.82) is 0 Å². The second-order valence-electron chi connectivity index (χ2n) is 3.04. The van der Waals surface area contributed by atoms with Gasteiger partial charge in [-0.2, -0.15) is 0 Å². The molecule has 11 heavy (non-hydrogen) atoms. The van der Waals surface area contributed by atoms with Crippen LogP contribution in [0.1, 0.15) is 25.2 Å². The van der Waals surface area contributed by atoms with Gasteiger partial charge in [-0.1, -0.05) is 13.8 Å². The second kappa shape index (κ2) is 3.46. The Morgan fingerprint density at radius 1 is 1.36 bits per heavy atom. The number of hydrogen-bond donors (Lipinski definition) is 0. The van der Waals surface area contributed by atoms with Crippen molar-refractivity contribution in [3.8, 4) is 0 Å². The molecular weight excluding hydrogens is 136 g/mol. The highest BCUT2D eigenvalue weighted by molar-refractivity contribution is 5.06. The molecule has 1 rings (SSSR count). The lowest BCUT2D eigenvalue weighted by molar-refractivity contribution is 0.890. The Kier molecular flexibility index (Phi) is 2.58. The summed E-state index contributed by atoms with van der Waals surface area (Å²) in [5.74, 6) is 1.37. The molecule has 0 fully saturated rings. The van der Waals surface area contributed by atoms with Crippen LogP contribution in [0.25, 0.3) is 0 Å². The largest absolute Gasteiger partial charge is 0.261 e. The molecule has 1 heterocycles. The molecule has 0 spiro atoms. The molecule has 0 aliphatic carbocycles. The monoisotopic (exact) mass is 149 g/mol. The molecule has 0 bridgehead atoms. The fourth-order valence-electron chi connectivity index (χ4n) is 0.963. The maximum absolute atomic E-state index is 4.33. The molecule has 0 aliphatic heterocycles. The van der Waals surface area contributed by atoms with Crippen LogP contribution in [0.2, 0.25) is 0 Å². The first kappa shape index (κ1) is 8.18. The maximum atomic E-state index is 4.33. The summed E-state index contributed by atoms with van der Waals surface area (Å²) in [7, 11) is 0. The lowest BCUT2D eigenvalue weighted by atomic mass is 10.1. The van der Waals surface area contributed by atoms with E-state index >= 15 is 0 Å². The van der Waals surface area contributed by atoms with E-state index in [1.165, 1.54) is 5.92 Å². The highest BCUT2D eigenvalue weighted by Gasteiger charge is 1.98. The quantitative estimate of drug-likeness (QED) is 0.642. The van der Waals surface area contributed by atoms with Gasteiger partial charge in [0.05, 0.1) is 11.4 Å². The Bertz CT molecular complexity index is 231. The Balaban J connectivity index is 2.71. The summed E-state index contributed by atoms with van der Waals surface area (Å²) in [6.45, 7) is 6.16. The molecule has 1 aromatic rings. The van der Waals surface area contributed by atoms with E-state index in [0.29, 0.717) is 0 Å². The van der Waals surface area contributed by atoms with Crippen molar-refractivity contribution >= 4 is 0 Å². The normalized spacial score (nSPS) is 10.5. The predicted molar refractivity (Wildman–Crippen MR) is 45.1 cm³/mol. The van der Waals surface area contributed by atoms with E-state index < -0.39 is 0 Å². The maximum Gasteiger partial charge on any atom is 0.0595 e. The minimum absolute atomic E-state index is 0.939. The van der Waals surface area contributed by atoms with Gasteiger partial charge in [-0.3, -0.25) is 9.97 Å². The SMILES string of the molecule is C[C](C)Cc1cncc(C)n1. The number of rotatable bonds is 2. The van der Waals surface area contributed by atoms with Crippen LogP contribution in [-0.2, 0) is 6.42 Å². The molecular formula is C9H13N2. The Labute approximate surface area is 67.7 Å². The van der Waals surface area contributed by atoms with Crippen LogP contribution in [0.4, 0.5) is 0 Å². The Morgan fingerprint density at radius 2 is 2.09 bits per heavy atom. The average molecular weight is 149 g/mol. The molecule has 59 valence electrons. The molecule has 2 nitrogen and oxygen atoms in total. The topological polar surface area (TPSA) is 25.8 Å². The summed E-state index contributed by atoms with van der Waals surface area (Å²) in [6.07, 6.45) is 4.53. The van der Waals surface area contributed by atoms with Gasteiger partial charge in [0.1, 0.15) is 0 Å². The third kappa shape index (κ3) is 2.66. The van der Waals surface area contributed by atoms with Crippen LogP contribution < -0.4 is 0 Å². The summed E-state index contributed by atoms with van der Waals surface area (Å²) >= 11 is 0. The highest BCUT2D eigenvalue weighted by atomic mass is 14.8. The van der Waals surface area contributed by atoms with Gasteiger partial charge in [-0.15, -0.1) is 0 Å². The Hall–Kier alpha value is -0.920. The number of aromatic nitrogens is 2. The lowest BCUT2D eigenvalue weighted by Gasteiger charge is -2.02. The van der Waals surface area contributed by atoms with Crippen molar-refractivity contribution in [2.24, 2.45) is 0 Å². The smallest absolute Gasteiger partial charge is 0.0595 e. The summed E-state index contributed by atoms with van der Waals surface area (Å²) < 4.78 is 0. The van der Waals surface area contributed by atoms with Gasteiger partial charge in [0.2, 0.25) is 0 Å². The van der Waals surface area contributed by atoms with Gasteiger partial charge < -0.3 is 0 Å². The summed E-state index contributed by atoms with van der Waals surface area (Å²) in [5.41, 5.74) is 2.05. The van der Waals surface area contributed by atoms with Crippen molar-refractivity contribution in [2.45, 2.75) is 27.2 Å². The molecule has 0 aromatic carbocycles. The molecule has 0 atom stereocenters. The summed E-state index contributed by atoms with van der Waals surface area (Å²) in [6, 6.07) is 0. The van der Waals surface area contributed by atoms with Crippen molar-refractivity contribution < 1.29 is 0 Å². The first-order chi connectivity index (χ1) is 5.18. The lowest BCUT2D eigenvalue weighted by Crippen LogP contribution is -1.97. The van der Waals surface area contributed by atoms with E-state index in [1.807, 2.05) is 13.1 Å². The fraction of sp³-hybridized carbons (Fsp3) is 0.444. The van der Waals surface area contributed by atoms with Crippen LogP contribution in [0.3, 0.4) is 0 Å². The summed E-state index contributed by atoms with van der Waals surface area (Å²) in [4.78, 5) is 8.39. The first-order valence-corrected chi connectivity index (χ1v) is 3.75. The van der Waals surface area contributed by atoms with Gasteiger partial charge in [0, 0.05) is 12.4 Å². The second-order valence-corrected chi connectivity index (χ2v) is 3.04. The standard InChI is InChI=1S/C9H13N2/c1-7(2)4-9-6-10-5-8(3)11-9/h5-6H,4H2,1-3H3. The third-order valence-corrected chi connectivity index (χ3v) is 1.34. The van der Waals surface area contributed by atoms with E-state index in [2.05, 4.69) is 23.8 Å². The van der Waals surface area contributed by atoms with Crippen molar-refractivity contribution in [3.63, 3.8) is 0 Å². The van der Waals surface area contributed by atoms with E-state index in [9.17, 15) is 0 Å². The first-order valence-electron chi connectivity index (χ1n) is 3.75. The van der Waals surface area contributed by atoms with Crippen molar-refractivity contribution in [3.05, 3.63) is 29.7 Å². The van der Waals surface area contributed by atoms with Gasteiger partial charge in [-0.25, -0.2) is 0 Å². The number of aryl methyl sites for hydroxylation is 1. The molecule has 2 heteroatoms. The van der Waals surface area contributed by atoms with Crippen molar-refractivity contribution in [1.82, 2.24) is 9.97 Å². The summed E-state index contributed by atoms with van der Waals surface area (Å²) in [5, 5.41) is 0. The van der Waals surface area contributed by atoms with Crippen LogP contribution >= 0.6 is 0 Å². The number of nitrogens with zero attached hydrogens (tertiary/aromatic N) is 2.